The molecule has 26 heavy (non-hydrogen) atoms. The van der Waals surface area contributed by atoms with Crippen molar-refractivity contribution in [1.82, 2.24) is 0 Å². The molecule has 0 saturated carbocycles. The molecule has 0 aliphatic rings. The predicted octanol–water partition coefficient (Wildman–Crippen LogP) is 8.05. The highest BCUT2D eigenvalue weighted by Crippen LogP contribution is 2.21. The van der Waals surface area contributed by atoms with E-state index in [0.29, 0.717) is 0 Å². The molecule has 0 heterocycles. The standard InChI is InChI=1S/C26H38/c1-3-4-5-6-7-8-9-10-11-15-20-25-21-16-17-23(2)26(25)22-24-18-13-12-14-19-24/h12-14,16-19,21H,3-11,15,20,22H2,1-2H3. The third-order valence-corrected chi connectivity index (χ3v) is 5.53. The first kappa shape index (κ1) is 20.7. The Balaban J connectivity index is 1.70. The quantitative estimate of drug-likeness (QED) is 0.320. The third-order valence-electron chi connectivity index (χ3n) is 5.53. The Hall–Kier alpha value is -1.56. The maximum Gasteiger partial charge on any atom is -0.00204 e. The van der Waals surface area contributed by atoms with Gasteiger partial charge in [-0.05, 0) is 48.4 Å². The van der Waals surface area contributed by atoms with Gasteiger partial charge in [0.25, 0.3) is 0 Å². The van der Waals surface area contributed by atoms with Crippen LogP contribution in [0.3, 0.4) is 0 Å². The Labute approximate surface area is 162 Å². The van der Waals surface area contributed by atoms with Gasteiger partial charge in [0.05, 0.1) is 0 Å². The first-order valence-electron chi connectivity index (χ1n) is 10.9. The van der Waals surface area contributed by atoms with Crippen LogP contribution in [-0.4, -0.2) is 0 Å². The Morgan fingerprint density at radius 3 is 1.88 bits per heavy atom. The van der Waals surface area contributed by atoms with Crippen molar-refractivity contribution in [1.29, 1.82) is 0 Å². The fourth-order valence-corrected chi connectivity index (χ4v) is 3.85. The van der Waals surface area contributed by atoms with Crippen LogP contribution < -0.4 is 0 Å². The van der Waals surface area contributed by atoms with E-state index >= 15 is 0 Å². The van der Waals surface area contributed by atoms with Crippen LogP contribution in [0.1, 0.15) is 93.4 Å². The number of aryl methyl sites for hydroxylation is 2. The van der Waals surface area contributed by atoms with E-state index in [9.17, 15) is 0 Å². The number of benzene rings is 2. The van der Waals surface area contributed by atoms with Gasteiger partial charge >= 0.3 is 0 Å². The van der Waals surface area contributed by atoms with Gasteiger partial charge in [0.2, 0.25) is 0 Å². The van der Waals surface area contributed by atoms with Crippen molar-refractivity contribution in [3.8, 4) is 0 Å². The summed E-state index contributed by atoms with van der Waals surface area (Å²) in [5.74, 6) is 0. The van der Waals surface area contributed by atoms with E-state index in [0.717, 1.165) is 6.42 Å². The molecule has 0 bridgehead atoms. The van der Waals surface area contributed by atoms with Crippen molar-refractivity contribution in [2.75, 3.05) is 0 Å². The van der Waals surface area contributed by atoms with E-state index < -0.39 is 0 Å². The monoisotopic (exact) mass is 350 g/mol. The Morgan fingerprint density at radius 1 is 0.615 bits per heavy atom. The van der Waals surface area contributed by atoms with Gasteiger partial charge in [-0.25, -0.2) is 0 Å². The molecule has 0 spiro atoms. The lowest BCUT2D eigenvalue weighted by Crippen LogP contribution is -1.99. The molecule has 0 aliphatic heterocycles. The lowest BCUT2D eigenvalue weighted by atomic mass is 9.92. The number of unbranched alkanes of at least 4 members (excludes halogenated alkanes) is 9. The molecule has 0 aromatic heterocycles. The van der Waals surface area contributed by atoms with Gasteiger partial charge in [-0.1, -0.05) is 113 Å². The van der Waals surface area contributed by atoms with Crippen LogP contribution >= 0.6 is 0 Å². The number of rotatable bonds is 13. The van der Waals surface area contributed by atoms with Crippen molar-refractivity contribution in [2.24, 2.45) is 0 Å². The van der Waals surface area contributed by atoms with Gasteiger partial charge in [0.15, 0.2) is 0 Å². The molecule has 0 fully saturated rings. The van der Waals surface area contributed by atoms with Crippen molar-refractivity contribution < 1.29 is 0 Å². The molecule has 0 N–H and O–H groups in total. The summed E-state index contributed by atoms with van der Waals surface area (Å²) in [5, 5.41) is 0. The zero-order valence-corrected chi connectivity index (χ0v) is 17.1. The molecular weight excluding hydrogens is 312 g/mol. The van der Waals surface area contributed by atoms with Crippen LogP contribution in [0.4, 0.5) is 0 Å². The summed E-state index contributed by atoms with van der Waals surface area (Å²) in [6.45, 7) is 4.56. The van der Waals surface area contributed by atoms with Crippen molar-refractivity contribution in [3.63, 3.8) is 0 Å². The summed E-state index contributed by atoms with van der Waals surface area (Å²) in [6, 6.07) is 17.7. The van der Waals surface area contributed by atoms with E-state index in [1.165, 1.54) is 81.8 Å². The van der Waals surface area contributed by atoms with Gasteiger partial charge < -0.3 is 0 Å². The summed E-state index contributed by atoms with van der Waals surface area (Å²) in [4.78, 5) is 0. The van der Waals surface area contributed by atoms with Crippen molar-refractivity contribution in [2.45, 2.75) is 90.9 Å². The molecule has 0 saturated heterocycles. The van der Waals surface area contributed by atoms with Gasteiger partial charge in [-0.2, -0.15) is 0 Å². The average molecular weight is 351 g/mol. The van der Waals surface area contributed by atoms with Gasteiger partial charge in [-0.15, -0.1) is 0 Å². The Bertz CT molecular complexity index is 597. The summed E-state index contributed by atoms with van der Waals surface area (Å²) in [5.41, 5.74) is 5.98. The first-order chi connectivity index (χ1) is 12.8. The van der Waals surface area contributed by atoms with Crippen molar-refractivity contribution >= 4 is 0 Å². The Morgan fingerprint density at radius 2 is 1.23 bits per heavy atom. The minimum absolute atomic E-state index is 1.07. The molecule has 2 aromatic rings. The van der Waals surface area contributed by atoms with E-state index in [-0.39, 0.29) is 0 Å². The predicted molar refractivity (Wildman–Crippen MR) is 116 cm³/mol. The second-order valence-electron chi connectivity index (χ2n) is 7.81. The van der Waals surface area contributed by atoms with E-state index in [2.05, 4.69) is 62.4 Å². The third kappa shape index (κ3) is 7.77. The van der Waals surface area contributed by atoms with Crippen LogP contribution in [0.5, 0.6) is 0 Å². The molecule has 2 rings (SSSR count). The minimum Gasteiger partial charge on any atom is -0.0654 e. The van der Waals surface area contributed by atoms with E-state index in [1.807, 2.05) is 0 Å². The van der Waals surface area contributed by atoms with E-state index in [1.54, 1.807) is 11.1 Å². The van der Waals surface area contributed by atoms with Crippen molar-refractivity contribution in [3.05, 3.63) is 70.8 Å². The van der Waals surface area contributed by atoms with Crippen LogP contribution in [0, 0.1) is 6.92 Å². The topological polar surface area (TPSA) is 0 Å². The lowest BCUT2D eigenvalue weighted by molar-refractivity contribution is 0.556. The molecular formula is C26H38. The first-order valence-corrected chi connectivity index (χ1v) is 10.9. The van der Waals surface area contributed by atoms with E-state index in [4.69, 9.17) is 0 Å². The normalized spacial score (nSPS) is 11.0. The second kappa shape index (κ2) is 12.7. The van der Waals surface area contributed by atoms with Crippen LogP contribution in [0.25, 0.3) is 0 Å². The van der Waals surface area contributed by atoms with Gasteiger partial charge in [0, 0.05) is 0 Å². The number of hydrogen-bond acceptors (Lipinski definition) is 0. The molecule has 142 valence electrons. The molecule has 0 unspecified atom stereocenters. The van der Waals surface area contributed by atoms with Gasteiger partial charge in [0.1, 0.15) is 0 Å². The molecule has 0 nitrogen and oxygen atoms in total. The molecule has 2 aromatic carbocycles. The summed E-state index contributed by atoms with van der Waals surface area (Å²) in [6.07, 6.45) is 16.4. The highest BCUT2D eigenvalue weighted by atomic mass is 14.1. The smallest absolute Gasteiger partial charge is 0.00204 e. The molecule has 0 aliphatic carbocycles. The number of hydrogen-bond donors (Lipinski definition) is 0. The highest BCUT2D eigenvalue weighted by Gasteiger charge is 2.06. The molecule has 0 atom stereocenters. The lowest BCUT2D eigenvalue weighted by Gasteiger charge is -2.13. The molecule has 0 radical (unpaired) electrons. The zero-order valence-electron chi connectivity index (χ0n) is 17.1. The maximum atomic E-state index is 2.35. The molecule has 0 amide bonds. The maximum absolute atomic E-state index is 2.35. The summed E-state index contributed by atoms with van der Waals surface area (Å²) >= 11 is 0. The minimum atomic E-state index is 1.07. The Kier molecular flexibility index (Phi) is 10.2. The van der Waals surface area contributed by atoms with Gasteiger partial charge in [-0.3, -0.25) is 0 Å². The molecule has 0 heteroatoms. The zero-order chi connectivity index (χ0) is 18.5. The fourth-order valence-electron chi connectivity index (χ4n) is 3.85. The SMILES string of the molecule is CCCCCCCCCCCCc1cccc(C)c1Cc1ccccc1. The highest BCUT2D eigenvalue weighted by molar-refractivity contribution is 5.38. The summed E-state index contributed by atoms with van der Waals surface area (Å²) < 4.78 is 0. The van der Waals surface area contributed by atoms with Crippen LogP contribution in [-0.2, 0) is 12.8 Å². The largest absolute Gasteiger partial charge is 0.0654 e. The van der Waals surface area contributed by atoms with Crippen LogP contribution in [0.2, 0.25) is 0 Å². The fraction of sp³-hybridized carbons (Fsp3) is 0.538. The second-order valence-corrected chi connectivity index (χ2v) is 7.81. The van der Waals surface area contributed by atoms with Crippen LogP contribution in [0.15, 0.2) is 48.5 Å². The summed E-state index contributed by atoms with van der Waals surface area (Å²) in [7, 11) is 0. The average Bonchev–Trinajstić information content (AvgIpc) is 2.66.